The van der Waals surface area contributed by atoms with Crippen LogP contribution < -0.4 is 21.7 Å². The lowest BCUT2D eigenvalue weighted by atomic mass is 10.2. The number of hydrogen-bond acceptors (Lipinski definition) is 14. The van der Waals surface area contributed by atoms with Crippen LogP contribution in [0.2, 0.25) is 0 Å². The summed E-state index contributed by atoms with van der Waals surface area (Å²) in [5, 5.41) is 38.5. The maximum Gasteiger partial charge on any atom is 0.373 e. The third-order valence-corrected chi connectivity index (χ3v) is 8.85. The van der Waals surface area contributed by atoms with Gasteiger partial charge in [0.2, 0.25) is 0 Å². The zero-order valence-electron chi connectivity index (χ0n) is 34.3. The van der Waals surface area contributed by atoms with E-state index >= 15 is 0 Å². The molecular formula is C44H43F3N12O5. The molecule has 330 valence electrons. The number of carboxylic acids is 1. The lowest BCUT2D eigenvalue weighted by molar-refractivity contribution is -0.191. The fourth-order valence-electron chi connectivity index (χ4n) is 5.56. The first-order valence-corrected chi connectivity index (χ1v) is 19.8. The molecule has 0 aliphatic heterocycles. The Hall–Kier alpha value is -8.12. The number of nitrogens with zero attached hydrogens (tertiary/aromatic N) is 8. The molecule has 3 aliphatic carbocycles. The van der Waals surface area contributed by atoms with E-state index < -0.39 is 5.97 Å². The number of carbonyl (C=O) groups excluding carboxylic acids is 3. The van der Waals surface area contributed by atoms with Gasteiger partial charge in [0, 0.05) is 43.0 Å². The van der Waals surface area contributed by atoms with Crippen LogP contribution in [0.1, 0.15) is 61.8 Å². The molecule has 0 saturated heterocycles. The summed E-state index contributed by atoms with van der Waals surface area (Å²) in [6.45, 7) is 1.08. The first-order chi connectivity index (χ1) is 30.9. The Bertz CT molecular complexity index is 2580. The highest BCUT2D eigenvalue weighted by Gasteiger charge is 2.29. The number of nitrogens with one attached hydrogen (secondary N) is 3. The van der Waals surface area contributed by atoms with Gasteiger partial charge in [0.05, 0.1) is 64.1 Å². The van der Waals surface area contributed by atoms with E-state index in [1.165, 1.54) is 42.7 Å². The van der Waals surface area contributed by atoms with E-state index in [2.05, 4.69) is 56.1 Å². The molecule has 3 saturated carbocycles. The average Bonchev–Trinajstić information content (AvgIpc) is 4.18. The van der Waals surface area contributed by atoms with E-state index in [1.807, 2.05) is 18.2 Å². The number of fused-ring (bicyclic) bond motifs is 1. The molecule has 3 aliphatic rings. The van der Waals surface area contributed by atoms with Crippen LogP contribution in [0.5, 0.6) is 0 Å². The number of rotatable bonds is 8. The normalized spacial score (nSPS) is 13.1. The zero-order chi connectivity index (χ0) is 45.8. The van der Waals surface area contributed by atoms with Crippen molar-refractivity contribution < 1.29 is 37.5 Å². The highest BCUT2D eigenvalue weighted by molar-refractivity contribution is 6.05. The van der Waals surface area contributed by atoms with Crippen LogP contribution in [0, 0.1) is 17.5 Å². The van der Waals surface area contributed by atoms with Crippen molar-refractivity contribution in [1.29, 1.82) is 0 Å². The minimum Gasteiger partial charge on any atom is -0.481 e. The fraction of sp³-hybridized carbons (Fsp3) is 0.227. The standard InChI is InChI=1S/C14H13FN4O.C14H11FN4.C9H11FN2.C4H4N2.C2H4O2.CO2/c15-10-1-4-12(13(7-10)18-11-2-3-11)19-14(20)9-5-6-16-17-8-9;15-10-1-4-12-13(7-10)19(11-2-3-11)14(18-12)9-5-6-16-17-8-9;10-6-1-4-8(11)9(5-6)12-7-2-3-7;1-2-4-6-5-3-1;1-2(3)4;2-1-3/h1,4-8,11,18H,2-3H2,(H,19,20);1,4-8,11H,2-3H2;1,4-5,7,12H,2-3,11H2;1-4H;1H3,(H,3,4);. The molecule has 6 N–H and O–H groups in total. The van der Waals surface area contributed by atoms with E-state index in [0.29, 0.717) is 40.8 Å². The van der Waals surface area contributed by atoms with Crippen LogP contribution in [0.25, 0.3) is 22.4 Å². The molecule has 20 heteroatoms. The SMILES string of the molecule is CC(=O)O.Fc1ccc2nc(-c3ccnnc3)n(C3CC3)c2c1.Nc1ccc(F)cc1NC1CC1.O=C(Nc1ccc(F)cc1NC1CC1)c1ccnnc1.O=C=O.c1ccnnc1. The number of aromatic nitrogens is 8. The number of halogens is 3. The molecule has 3 fully saturated rings. The number of anilines is 4. The summed E-state index contributed by atoms with van der Waals surface area (Å²) >= 11 is 0. The second kappa shape index (κ2) is 23.8. The molecule has 7 aromatic rings. The Balaban J connectivity index is 0.000000162. The van der Waals surface area contributed by atoms with Gasteiger partial charge in [-0.2, -0.15) is 40.2 Å². The van der Waals surface area contributed by atoms with Gasteiger partial charge in [0.25, 0.3) is 11.9 Å². The van der Waals surface area contributed by atoms with Gasteiger partial charge in [-0.3, -0.25) is 9.59 Å². The third-order valence-electron chi connectivity index (χ3n) is 8.85. The molecule has 0 atom stereocenters. The number of carbonyl (C=O) groups is 2. The maximum atomic E-state index is 13.4. The number of nitrogens with two attached hydrogens (primary N) is 1. The Morgan fingerprint density at radius 2 is 1.22 bits per heavy atom. The van der Waals surface area contributed by atoms with Crippen molar-refractivity contribution in [3.05, 3.63) is 139 Å². The Labute approximate surface area is 364 Å². The Morgan fingerprint density at radius 3 is 1.75 bits per heavy atom. The monoisotopic (exact) mass is 876 g/mol. The van der Waals surface area contributed by atoms with Gasteiger partial charge in [0.1, 0.15) is 23.3 Å². The average molecular weight is 877 g/mol. The van der Waals surface area contributed by atoms with Crippen LogP contribution in [-0.4, -0.2) is 75.4 Å². The number of imidazole rings is 1. The van der Waals surface area contributed by atoms with E-state index in [0.717, 1.165) is 73.6 Å². The number of benzene rings is 3. The number of aliphatic carboxylic acids is 1. The molecule has 10 rings (SSSR count). The predicted molar refractivity (Wildman–Crippen MR) is 230 cm³/mol. The van der Waals surface area contributed by atoms with Crippen molar-refractivity contribution in [2.75, 3.05) is 21.7 Å². The molecule has 4 aromatic heterocycles. The van der Waals surface area contributed by atoms with Crippen LogP contribution in [0.4, 0.5) is 35.9 Å². The van der Waals surface area contributed by atoms with Gasteiger partial charge in [-0.1, -0.05) is 0 Å². The summed E-state index contributed by atoms with van der Waals surface area (Å²) < 4.78 is 41.6. The van der Waals surface area contributed by atoms with Gasteiger partial charge >= 0.3 is 6.15 Å². The quantitative estimate of drug-likeness (QED) is 0.0935. The summed E-state index contributed by atoms with van der Waals surface area (Å²) in [6, 6.07) is 21.8. The number of carboxylic acid groups (broad SMARTS) is 1. The summed E-state index contributed by atoms with van der Waals surface area (Å²) in [5.41, 5.74) is 11.1. The van der Waals surface area contributed by atoms with Crippen LogP contribution in [-0.2, 0) is 14.4 Å². The highest BCUT2D eigenvalue weighted by atomic mass is 19.1. The summed E-state index contributed by atoms with van der Waals surface area (Å²) in [7, 11) is 0. The molecule has 0 unspecified atom stereocenters. The predicted octanol–water partition coefficient (Wildman–Crippen LogP) is 7.38. The summed E-state index contributed by atoms with van der Waals surface area (Å²) in [5.74, 6) is -1.10. The second-order valence-electron chi connectivity index (χ2n) is 14.2. The first-order valence-electron chi connectivity index (χ1n) is 19.8. The lowest BCUT2D eigenvalue weighted by Gasteiger charge is -2.12. The number of hydrogen-bond donors (Lipinski definition) is 5. The van der Waals surface area contributed by atoms with Crippen LogP contribution in [0.3, 0.4) is 0 Å². The minimum absolute atomic E-state index is 0.228. The molecule has 4 heterocycles. The van der Waals surface area contributed by atoms with Crippen LogP contribution >= 0.6 is 0 Å². The Morgan fingerprint density at radius 1 is 0.688 bits per heavy atom. The molecular weight excluding hydrogens is 834 g/mol. The van der Waals surface area contributed by atoms with E-state index in [4.69, 9.17) is 25.2 Å². The lowest BCUT2D eigenvalue weighted by Crippen LogP contribution is -2.14. The number of amides is 1. The largest absolute Gasteiger partial charge is 0.481 e. The van der Waals surface area contributed by atoms with Crippen molar-refractivity contribution in [3.63, 3.8) is 0 Å². The van der Waals surface area contributed by atoms with E-state index in [-0.39, 0.29) is 29.5 Å². The second-order valence-corrected chi connectivity index (χ2v) is 14.2. The summed E-state index contributed by atoms with van der Waals surface area (Å²) in [4.78, 5) is 41.9. The first kappa shape index (κ1) is 46.9. The van der Waals surface area contributed by atoms with Gasteiger partial charge < -0.3 is 31.4 Å². The third kappa shape index (κ3) is 15.7. The topological polar surface area (TPSA) is 246 Å². The van der Waals surface area contributed by atoms with Gasteiger partial charge in [-0.05, 0) is 117 Å². The molecule has 0 radical (unpaired) electrons. The van der Waals surface area contributed by atoms with Crippen molar-refractivity contribution in [3.8, 4) is 11.4 Å². The molecule has 0 bridgehead atoms. The highest BCUT2D eigenvalue weighted by Crippen LogP contribution is 2.41. The van der Waals surface area contributed by atoms with Gasteiger partial charge in [0.15, 0.2) is 0 Å². The fourth-order valence-corrected chi connectivity index (χ4v) is 5.56. The molecule has 64 heavy (non-hydrogen) atoms. The zero-order valence-corrected chi connectivity index (χ0v) is 34.3. The minimum atomic E-state index is -0.833. The van der Waals surface area contributed by atoms with Crippen molar-refractivity contribution in [1.82, 2.24) is 40.1 Å². The van der Waals surface area contributed by atoms with Crippen molar-refractivity contribution >= 4 is 51.8 Å². The number of nitrogen functional groups attached to an aromatic ring is 1. The van der Waals surface area contributed by atoms with Crippen molar-refractivity contribution in [2.24, 2.45) is 0 Å². The molecule has 3 aromatic carbocycles. The van der Waals surface area contributed by atoms with Gasteiger partial charge in [-0.25, -0.2) is 18.2 Å². The smallest absolute Gasteiger partial charge is 0.373 e. The van der Waals surface area contributed by atoms with Crippen LogP contribution in [0.15, 0.2) is 116 Å². The maximum absolute atomic E-state index is 13.4. The molecule has 17 nitrogen and oxygen atoms in total. The van der Waals surface area contributed by atoms with Crippen molar-refractivity contribution in [2.45, 2.75) is 63.6 Å². The van der Waals surface area contributed by atoms with E-state index in [1.54, 1.807) is 55.1 Å². The van der Waals surface area contributed by atoms with Gasteiger partial charge in [-0.15, -0.1) is 0 Å². The molecule has 1 amide bonds. The molecule has 0 spiro atoms. The Kier molecular flexibility index (Phi) is 17.4. The van der Waals surface area contributed by atoms with E-state index in [9.17, 15) is 18.0 Å². The summed E-state index contributed by atoms with van der Waals surface area (Å²) in [6.07, 6.45) is 16.4.